The van der Waals surface area contributed by atoms with Gasteiger partial charge in [0.05, 0.1) is 23.4 Å². The van der Waals surface area contributed by atoms with Crippen molar-refractivity contribution in [2.75, 3.05) is 17.7 Å². The molecule has 1 amide bonds. The Balaban J connectivity index is 1.74. The van der Waals surface area contributed by atoms with Gasteiger partial charge in [-0.05, 0) is 35.9 Å². The molecular weight excluding hydrogens is 414 g/mol. The lowest BCUT2D eigenvalue weighted by Gasteiger charge is -2.15. The van der Waals surface area contributed by atoms with E-state index in [4.69, 9.17) is 16.3 Å². The summed E-state index contributed by atoms with van der Waals surface area (Å²) >= 11 is 6.32. The molecule has 0 saturated heterocycles. The number of benzene rings is 3. The van der Waals surface area contributed by atoms with Gasteiger partial charge < -0.3 is 20.1 Å². The maximum atomic E-state index is 12.8. The molecule has 0 aliphatic heterocycles. The molecule has 0 fully saturated rings. The molecular formula is C22H19ClF2N2O3. The van der Waals surface area contributed by atoms with E-state index < -0.39 is 12.5 Å². The molecule has 3 aromatic rings. The van der Waals surface area contributed by atoms with Crippen LogP contribution in [0.25, 0.3) is 0 Å². The first-order valence-corrected chi connectivity index (χ1v) is 9.36. The molecule has 5 nitrogen and oxygen atoms in total. The number of halogens is 3. The number of methoxy groups -OCH3 is 1. The highest BCUT2D eigenvalue weighted by Gasteiger charge is 2.20. The van der Waals surface area contributed by atoms with Crippen molar-refractivity contribution in [1.29, 1.82) is 0 Å². The molecule has 0 unspecified atom stereocenters. The van der Waals surface area contributed by atoms with Crippen LogP contribution in [-0.2, 0) is 6.54 Å². The van der Waals surface area contributed by atoms with Crippen molar-refractivity contribution < 1.29 is 23.0 Å². The van der Waals surface area contributed by atoms with E-state index in [-0.39, 0.29) is 17.1 Å². The van der Waals surface area contributed by atoms with Crippen molar-refractivity contribution in [2.45, 2.75) is 13.2 Å². The van der Waals surface area contributed by atoms with E-state index in [1.807, 2.05) is 30.3 Å². The number of alkyl halides is 2. The van der Waals surface area contributed by atoms with Gasteiger partial charge in [0.15, 0.2) is 11.5 Å². The number of ether oxygens (including phenoxy) is 2. The van der Waals surface area contributed by atoms with Crippen molar-refractivity contribution in [3.8, 4) is 11.5 Å². The van der Waals surface area contributed by atoms with E-state index in [1.54, 1.807) is 18.2 Å². The Morgan fingerprint density at radius 1 is 1.07 bits per heavy atom. The molecule has 0 aromatic heterocycles. The van der Waals surface area contributed by atoms with Crippen molar-refractivity contribution >= 4 is 28.9 Å². The monoisotopic (exact) mass is 432 g/mol. The van der Waals surface area contributed by atoms with Crippen molar-refractivity contribution in [1.82, 2.24) is 0 Å². The lowest BCUT2D eigenvalue weighted by molar-refractivity contribution is -0.0515. The molecule has 8 heteroatoms. The summed E-state index contributed by atoms with van der Waals surface area (Å²) in [5, 5.41) is 6.26. The molecule has 30 heavy (non-hydrogen) atoms. The maximum Gasteiger partial charge on any atom is 0.387 e. The molecule has 0 saturated carbocycles. The van der Waals surface area contributed by atoms with Gasteiger partial charge in [-0.3, -0.25) is 4.79 Å². The van der Waals surface area contributed by atoms with Gasteiger partial charge in [0.1, 0.15) is 0 Å². The van der Waals surface area contributed by atoms with Gasteiger partial charge in [-0.1, -0.05) is 48.0 Å². The molecule has 3 rings (SSSR count). The summed E-state index contributed by atoms with van der Waals surface area (Å²) in [6.45, 7) is -2.51. The second-order valence-electron chi connectivity index (χ2n) is 6.20. The van der Waals surface area contributed by atoms with E-state index in [0.717, 1.165) is 5.56 Å². The molecule has 3 aromatic carbocycles. The van der Waals surface area contributed by atoms with Crippen LogP contribution in [-0.4, -0.2) is 19.6 Å². The molecule has 156 valence electrons. The predicted octanol–water partition coefficient (Wildman–Crippen LogP) is 5.81. The van der Waals surface area contributed by atoms with Crippen LogP contribution in [0.15, 0.2) is 66.7 Å². The average molecular weight is 433 g/mol. The van der Waals surface area contributed by atoms with E-state index in [1.165, 1.54) is 25.3 Å². The van der Waals surface area contributed by atoms with Crippen molar-refractivity contribution in [2.24, 2.45) is 0 Å². The number of amides is 1. The highest BCUT2D eigenvalue weighted by atomic mass is 35.5. The molecule has 0 radical (unpaired) electrons. The van der Waals surface area contributed by atoms with E-state index >= 15 is 0 Å². The number of hydrogen-bond donors (Lipinski definition) is 2. The Kier molecular flexibility index (Phi) is 7.08. The molecule has 2 N–H and O–H groups in total. The smallest absolute Gasteiger partial charge is 0.387 e. The van der Waals surface area contributed by atoms with Crippen LogP contribution < -0.4 is 20.1 Å². The van der Waals surface area contributed by atoms with E-state index in [2.05, 4.69) is 15.4 Å². The Bertz CT molecular complexity index is 1020. The third kappa shape index (κ3) is 5.39. The Labute approximate surface area is 177 Å². The first-order chi connectivity index (χ1) is 14.5. The molecule has 0 bridgehead atoms. The first-order valence-electron chi connectivity index (χ1n) is 8.98. The number of carbonyl (C=O) groups excluding carboxylic acids is 1. The van der Waals surface area contributed by atoms with Crippen LogP contribution in [0.2, 0.25) is 5.02 Å². The second kappa shape index (κ2) is 9.93. The number of para-hydroxylation sites is 1. The normalized spacial score (nSPS) is 10.6. The van der Waals surface area contributed by atoms with Crippen LogP contribution in [0.3, 0.4) is 0 Å². The zero-order valence-electron chi connectivity index (χ0n) is 16.0. The highest BCUT2D eigenvalue weighted by molar-refractivity contribution is 6.33. The van der Waals surface area contributed by atoms with E-state index in [0.29, 0.717) is 22.9 Å². The van der Waals surface area contributed by atoms with Crippen LogP contribution in [0.1, 0.15) is 15.9 Å². The van der Waals surface area contributed by atoms with Gasteiger partial charge in [0.25, 0.3) is 5.91 Å². The Morgan fingerprint density at radius 3 is 2.50 bits per heavy atom. The lowest BCUT2D eigenvalue weighted by atomic mass is 10.1. The summed E-state index contributed by atoms with van der Waals surface area (Å²) < 4.78 is 35.0. The minimum atomic E-state index is -3.10. The van der Waals surface area contributed by atoms with Crippen molar-refractivity contribution in [3.63, 3.8) is 0 Å². The van der Waals surface area contributed by atoms with Gasteiger partial charge in [-0.25, -0.2) is 0 Å². The molecule has 0 spiro atoms. The first kappa shape index (κ1) is 21.4. The molecule has 0 heterocycles. The number of nitrogens with one attached hydrogen (secondary N) is 2. The molecule has 0 atom stereocenters. The van der Waals surface area contributed by atoms with Gasteiger partial charge in [0.2, 0.25) is 0 Å². The summed E-state index contributed by atoms with van der Waals surface area (Å²) in [6, 6.07) is 19.1. The zero-order valence-corrected chi connectivity index (χ0v) is 16.7. The SMILES string of the molecule is COc1cccc(C(=O)Nc2ccc(NCc3ccccc3)c(Cl)c2)c1OC(F)F. The number of anilines is 2. The maximum absolute atomic E-state index is 12.8. The van der Waals surface area contributed by atoms with Crippen molar-refractivity contribution in [3.05, 3.63) is 82.9 Å². The van der Waals surface area contributed by atoms with Crippen LogP contribution >= 0.6 is 11.6 Å². The standard InChI is InChI=1S/C22H19ClF2N2O3/c1-29-19-9-5-8-16(20(19)30-22(24)25)21(28)27-15-10-11-18(17(23)12-15)26-13-14-6-3-2-4-7-14/h2-12,22,26H,13H2,1H3,(H,27,28). The fraction of sp³-hybridized carbons (Fsp3) is 0.136. The van der Waals surface area contributed by atoms with Crippen LogP contribution in [0.4, 0.5) is 20.2 Å². The summed E-state index contributed by atoms with van der Waals surface area (Å²) in [4.78, 5) is 12.6. The Hall–Kier alpha value is -3.32. The number of carbonyl (C=O) groups is 1. The van der Waals surface area contributed by atoms with Crippen LogP contribution in [0.5, 0.6) is 11.5 Å². The van der Waals surface area contributed by atoms with Gasteiger partial charge in [0, 0.05) is 12.2 Å². The third-order valence-electron chi connectivity index (χ3n) is 4.20. The second-order valence-corrected chi connectivity index (χ2v) is 6.61. The lowest BCUT2D eigenvalue weighted by Crippen LogP contribution is -2.15. The fourth-order valence-corrected chi connectivity index (χ4v) is 3.04. The van der Waals surface area contributed by atoms with Crippen LogP contribution in [0, 0.1) is 0 Å². The minimum absolute atomic E-state index is 0.0291. The fourth-order valence-electron chi connectivity index (χ4n) is 2.79. The topological polar surface area (TPSA) is 59.6 Å². The minimum Gasteiger partial charge on any atom is -0.493 e. The van der Waals surface area contributed by atoms with E-state index in [9.17, 15) is 13.6 Å². The third-order valence-corrected chi connectivity index (χ3v) is 4.52. The zero-order chi connectivity index (χ0) is 21.5. The van der Waals surface area contributed by atoms with Gasteiger partial charge >= 0.3 is 6.61 Å². The van der Waals surface area contributed by atoms with Gasteiger partial charge in [-0.2, -0.15) is 8.78 Å². The summed E-state index contributed by atoms with van der Waals surface area (Å²) in [7, 11) is 1.30. The number of rotatable bonds is 8. The summed E-state index contributed by atoms with van der Waals surface area (Å²) in [5.41, 5.74) is 2.11. The molecule has 0 aliphatic carbocycles. The van der Waals surface area contributed by atoms with Gasteiger partial charge in [-0.15, -0.1) is 0 Å². The largest absolute Gasteiger partial charge is 0.493 e. The highest BCUT2D eigenvalue weighted by Crippen LogP contribution is 2.33. The summed E-state index contributed by atoms with van der Waals surface area (Å²) in [5.74, 6) is -0.938. The average Bonchev–Trinajstić information content (AvgIpc) is 2.73. The number of hydrogen-bond acceptors (Lipinski definition) is 4. The Morgan fingerprint density at radius 2 is 1.83 bits per heavy atom. The quantitative estimate of drug-likeness (QED) is 0.471. The summed E-state index contributed by atoms with van der Waals surface area (Å²) in [6.07, 6.45) is 0. The predicted molar refractivity (Wildman–Crippen MR) is 113 cm³/mol. The molecule has 0 aliphatic rings.